The highest BCUT2D eigenvalue weighted by Crippen LogP contribution is 1.99. The maximum absolute atomic E-state index is 10.2. The highest BCUT2D eigenvalue weighted by Gasteiger charge is 2.07. The van der Waals surface area contributed by atoms with Crippen LogP contribution in [0.1, 0.15) is 5.56 Å². The molecule has 1 aromatic carbocycles. The minimum absolute atomic E-state index is 0.246. The molecule has 0 heterocycles. The Hall–Kier alpha value is -2.12. The van der Waals surface area contributed by atoms with Gasteiger partial charge in [-0.05, 0) is 5.56 Å². The van der Waals surface area contributed by atoms with Gasteiger partial charge in [-0.1, -0.05) is 30.3 Å². The van der Waals surface area contributed by atoms with Gasteiger partial charge in [0.1, 0.15) is 12.6 Å². The number of hydrogen-bond acceptors (Lipinski definition) is 5. The van der Waals surface area contributed by atoms with Crippen LogP contribution >= 0.6 is 0 Å². The van der Waals surface area contributed by atoms with Gasteiger partial charge in [-0.3, -0.25) is 4.79 Å². The molecule has 0 saturated heterocycles. The summed E-state index contributed by atoms with van der Waals surface area (Å²) in [6, 6.07) is 8.25. The molecule has 0 fully saturated rings. The Bertz CT molecular complexity index is 369. The summed E-state index contributed by atoms with van der Waals surface area (Å²) in [6.45, 7) is -0.258. The Morgan fingerprint density at radius 1 is 1.28 bits per heavy atom. The second kappa shape index (κ2) is 8.97. The quantitative estimate of drug-likeness (QED) is 0.582. The topological polar surface area (TPSA) is 136 Å². The van der Waals surface area contributed by atoms with Crippen molar-refractivity contribution in [1.29, 1.82) is 0 Å². The van der Waals surface area contributed by atoms with Crippen LogP contribution in [0.15, 0.2) is 30.3 Å². The van der Waals surface area contributed by atoms with E-state index in [1.807, 2.05) is 30.3 Å². The lowest BCUT2D eigenvalue weighted by Crippen LogP contribution is -2.33. The first kappa shape index (κ1) is 15.9. The van der Waals surface area contributed by atoms with E-state index in [0.717, 1.165) is 5.56 Å². The normalized spacial score (nSPS) is 10.8. The molecule has 6 N–H and O–H groups in total. The van der Waals surface area contributed by atoms with Gasteiger partial charge in [-0.15, -0.1) is 0 Å². The molecule has 18 heavy (non-hydrogen) atoms. The van der Waals surface area contributed by atoms with E-state index in [4.69, 9.17) is 21.7 Å². The smallest absolute Gasteiger partial charge is 0.404 e. The predicted octanol–water partition coefficient (Wildman–Crippen LogP) is -0.328. The third kappa shape index (κ3) is 8.08. The molecule has 0 aromatic heterocycles. The van der Waals surface area contributed by atoms with E-state index < -0.39 is 24.7 Å². The van der Waals surface area contributed by atoms with Crippen molar-refractivity contribution in [3.8, 4) is 0 Å². The SMILES string of the molecule is NC(=O)OCc1ccccc1.N[C@@H](CO)C(=O)O. The van der Waals surface area contributed by atoms with Gasteiger partial charge in [0.15, 0.2) is 0 Å². The van der Waals surface area contributed by atoms with E-state index in [2.05, 4.69) is 4.74 Å². The summed E-state index contributed by atoms with van der Waals surface area (Å²) in [5, 5.41) is 15.9. The second-order valence-electron chi connectivity index (χ2n) is 3.22. The van der Waals surface area contributed by atoms with Gasteiger partial charge in [0.2, 0.25) is 0 Å². The molecule has 100 valence electrons. The third-order valence-electron chi connectivity index (χ3n) is 1.74. The molecule has 7 nitrogen and oxygen atoms in total. The van der Waals surface area contributed by atoms with Crippen molar-refractivity contribution < 1.29 is 24.5 Å². The molecule has 0 radical (unpaired) electrons. The number of hydrogen-bond donors (Lipinski definition) is 4. The van der Waals surface area contributed by atoms with E-state index >= 15 is 0 Å². The van der Waals surface area contributed by atoms with E-state index in [0.29, 0.717) is 0 Å². The Morgan fingerprint density at radius 2 is 1.83 bits per heavy atom. The van der Waals surface area contributed by atoms with Crippen molar-refractivity contribution in [3.05, 3.63) is 35.9 Å². The summed E-state index contributed by atoms with van der Waals surface area (Å²) in [5.74, 6) is -1.18. The largest absolute Gasteiger partial charge is 0.480 e. The Kier molecular flexibility index (Phi) is 7.91. The monoisotopic (exact) mass is 256 g/mol. The zero-order valence-electron chi connectivity index (χ0n) is 9.65. The predicted molar refractivity (Wildman–Crippen MR) is 63.5 cm³/mol. The fraction of sp³-hybridized carbons (Fsp3) is 0.273. The Balaban J connectivity index is 0.000000360. The number of amides is 1. The molecule has 0 aliphatic carbocycles. The molecule has 1 atom stereocenters. The lowest BCUT2D eigenvalue weighted by molar-refractivity contribution is -0.139. The minimum Gasteiger partial charge on any atom is -0.480 e. The van der Waals surface area contributed by atoms with Crippen molar-refractivity contribution in [2.24, 2.45) is 11.5 Å². The maximum atomic E-state index is 10.2. The number of carbonyl (C=O) groups excluding carboxylic acids is 1. The van der Waals surface area contributed by atoms with Crippen LogP contribution in [0.25, 0.3) is 0 Å². The number of aliphatic hydroxyl groups excluding tert-OH is 1. The second-order valence-corrected chi connectivity index (χ2v) is 3.22. The molecule has 0 unspecified atom stereocenters. The molecular weight excluding hydrogens is 240 g/mol. The summed E-state index contributed by atoms with van der Waals surface area (Å²) in [6.07, 6.45) is -0.742. The van der Waals surface area contributed by atoms with Crippen LogP contribution in [-0.4, -0.2) is 34.9 Å². The van der Waals surface area contributed by atoms with Crippen molar-refractivity contribution in [2.45, 2.75) is 12.6 Å². The number of aliphatic hydroxyl groups is 1. The zero-order valence-corrected chi connectivity index (χ0v) is 9.65. The van der Waals surface area contributed by atoms with E-state index in [-0.39, 0.29) is 6.61 Å². The highest BCUT2D eigenvalue weighted by atomic mass is 16.5. The van der Waals surface area contributed by atoms with Gasteiger partial charge in [-0.2, -0.15) is 0 Å². The molecule has 0 bridgehead atoms. The fourth-order valence-corrected chi connectivity index (χ4v) is 0.807. The van der Waals surface area contributed by atoms with Crippen LogP contribution in [0.5, 0.6) is 0 Å². The maximum Gasteiger partial charge on any atom is 0.404 e. The third-order valence-corrected chi connectivity index (χ3v) is 1.74. The summed E-state index contributed by atoms with van der Waals surface area (Å²) >= 11 is 0. The Labute approximate surface area is 104 Å². The summed E-state index contributed by atoms with van der Waals surface area (Å²) in [5.41, 5.74) is 10.5. The van der Waals surface area contributed by atoms with Gasteiger partial charge >= 0.3 is 12.1 Å². The van der Waals surface area contributed by atoms with Gasteiger partial charge in [0.05, 0.1) is 6.61 Å². The summed E-state index contributed by atoms with van der Waals surface area (Å²) in [4.78, 5) is 19.8. The summed E-state index contributed by atoms with van der Waals surface area (Å²) in [7, 11) is 0. The molecular formula is C11H16N2O5. The highest BCUT2D eigenvalue weighted by molar-refractivity contribution is 5.73. The van der Waals surface area contributed by atoms with E-state index in [1.165, 1.54) is 0 Å². The van der Waals surface area contributed by atoms with Crippen LogP contribution < -0.4 is 11.5 Å². The average Bonchev–Trinajstić information content (AvgIpc) is 2.37. The molecule has 0 spiro atoms. The van der Waals surface area contributed by atoms with Gasteiger partial charge in [0.25, 0.3) is 0 Å². The first-order valence-electron chi connectivity index (χ1n) is 5.02. The zero-order chi connectivity index (χ0) is 14.0. The summed E-state index contributed by atoms with van der Waals surface area (Å²) < 4.78 is 4.57. The number of benzene rings is 1. The number of carbonyl (C=O) groups is 2. The minimum atomic E-state index is -1.18. The number of aliphatic carboxylic acids is 1. The lowest BCUT2D eigenvalue weighted by atomic mass is 10.2. The molecule has 1 amide bonds. The van der Waals surface area contributed by atoms with Crippen molar-refractivity contribution in [1.82, 2.24) is 0 Å². The number of carboxylic acids is 1. The average molecular weight is 256 g/mol. The van der Waals surface area contributed by atoms with Crippen LogP contribution in [-0.2, 0) is 16.1 Å². The van der Waals surface area contributed by atoms with E-state index in [9.17, 15) is 9.59 Å². The first-order chi connectivity index (χ1) is 8.47. The number of carboxylic acid groups (broad SMARTS) is 1. The van der Waals surface area contributed by atoms with Gasteiger partial charge < -0.3 is 26.4 Å². The van der Waals surface area contributed by atoms with Gasteiger partial charge in [0, 0.05) is 0 Å². The van der Waals surface area contributed by atoms with Crippen molar-refractivity contribution in [2.75, 3.05) is 6.61 Å². The van der Waals surface area contributed by atoms with E-state index in [1.54, 1.807) is 0 Å². The fourth-order valence-electron chi connectivity index (χ4n) is 0.807. The Morgan fingerprint density at radius 3 is 2.17 bits per heavy atom. The number of primary amides is 1. The van der Waals surface area contributed by atoms with Crippen LogP contribution in [0.3, 0.4) is 0 Å². The lowest BCUT2D eigenvalue weighted by Gasteiger charge is -1.99. The first-order valence-corrected chi connectivity index (χ1v) is 5.02. The molecule has 0 aliphatic rings. The number of nitrogens with two attached hydrogens (primary N) is 2. The molecule has 7 heteroatoms. The van der Waals surface area contributed by atoms with Gasteiger partial charge in [-0.25, -0.2) is 4.79 Å². The molecule has 0 saturated carbocycles. The van der Waals surface area contributed by atoms with Crippen LogP contribution in [0.2, 0.25) is 0 Å². The molecule has 1 aromatic rings. The van der Waals surface area contributed by atoms with Crippen molar-refractivity contribution in [3.63, 3.8) is 0 Å². The van der Waals surface area contributed by atoms with Crippen molar-refractivity contribution >= 4 is 12.1 Å². The molecule has 0 aliphatic heterocycles. The molecule has 1 rings (SSSR count). The standard InChI is InChI=1S/C8H9NO2.C3H7NO3/c9-8(10)11-6-7-4-2-1-3-5-7;4-2(1-5)3(6)7/h1-5H,6H2,(H2,9,10);2,5H,1,4H2,(H,6,7)/t;2-/m.0/s1. The van der Waals surface area contributed by atoms with Crippen LogP contribution in [0, 0.1) is 0 Å². The number of rotatable bonds is 4. The number of ether oxygens (including phenoxy) is 1. The van der Waals surface area contributed by atoms with Crippen LogP contribution in [0.4, 0.5) is 4.79 Å².